The number of hydrogen-bond acceptors (Lipinski definition) is 18. The molecule has 3 aliphatic rings. The SMILES string of the molecule is CC[C@H]1OC(=O)[C@H](C)[C@@H](OC2C[C@@](C)(OC)[C@@H](OC(C)=O)[C@H](C)O2)[C@@H](C)[C@@H](O[C@@H]2O[C@H](C)C[C@H](N(C)C)[C@H]2O)[C@](C)(OC)C[C@@H](C)C(O)C(C)(O)[C@H](CCOC(=O)c2cnc3ccccc3c2)[C@]1(C)O. The Kier molecular flexibility index (Phi) is 19.1. The van der Waals surface area contributed by atoms with Crippen molar-refractivity contribution in [2.45, 2.75) is 198 Å². The van der Waals surface area contributed by atoms with Gasteiger partial charge >= 0.3 is 17.9 Å². The number of nitrogens with zero attached hydrogens (tertiary/aromatic N) is 2. The number of aliphatic hydroxyl groups is 4. The van der Waals surface area contributed by atoms with E-state index in [0.29, 0.717) is 11.9 Å². The minimum Gasteiger partial charge on any atom is -0.462 e. The first-order valence-corrected chi connectivity index (χ1v) is 24.7. The number of esters is 3. The third-order valence-electron chi connectivity index (χ3n) is 15.5. The molecule has 19 atom stereocenters. The Bertz CT molecular complexity index is 2070. The molecule has 1 aromatic carbocycles. The van der Waals surface area contributed by atoms with Crippen LogP contribution in [0.3, 0.4) is 0 Å². The molecule has 0 bridgehead atoms. The lowest BCUT2D eigenvalue weighted by atomic mass is 9.66. The topological polar surface area (TPSA) is 231 Å². The van der Waals surface area contributed by atoms with Crippen molar-refractivity contribution in [2.75, 3.05) is 34.9 Å². The molecule has 396 valence electrons. The van der Waals surface area contributed by atoms with Crippen molar-refractivity contribution in [1.29, 1.82) is 0 Å². The quantitative estimate of drug-likeness (QED) is 0.153. The molecule has 70 heavy (non-hydrogen) atoms. The predicted octanol–water partition coefficient (Wildman–Crippen LogP) is 4.97. The average molecular weight is 991 g/mol. The van der Waals surface area contributed by atoms with Crippen molar-refractivity contribution in [3.8, 4) is 0 Å². The lowest BCUT2D eigenvalue weighted by Crippen LogP contribution is -2.64. The summed E-state index contributed by atoms with van der Waals surface area (Å²) < 4.78 is 56.8. The fourth-order valence-corrected chi connectivity index (χ4v) is 11.4. The van der Waals surface area contributed by atoms with E-state index in [0.717, 1.165) is 5.39 Å². The van der Waals surface area contributed by atoms with Gasteiger partial charge in [-0.1, -0.05) is 39.0 Å². The Morgan fingerprint density at radius 1 is 0.900 bits per heavy atom. The fourth-order valence-electron chi connectivity index (χ4n) is 11.4. The molecule has 3 saturated heterocycles. The Labute approximate surface area is 413 Å². The van der Waals surface area contributed by atoms with Gasteiger partial charge in [-0.25, -0.2) is 4.79 Å². The number of fused-ring (bicyclic) bond motifs is 1. The summed E-state index contributed by atoms with van der Waals surface area (Å²) in [5.74, 6) is -5.95. The summed E-state index contributed by atoms with van der Waals surface area (Å²) in [6, 6.07) is 8.65. The van der Waals surface area contributed by atoms with Crippen molar-refractivity contribution < 1.29 is 77.4 Å². The van der Waals surface area contributed by atoms with Gasteiger partial charge in [0.15, 0.2) is 18.7 Å². The summed E-state index contributed by atoms with van der Waals surface area (Å²) >= 11 is 0. The molecule has 0 amide bonds. The highest BCUT2D eigenvalue weighted by Crippen LogP contribution is 2.45. The van der Waals surface area contributed by atoms with E-state index in [9.17, 15) is 34.8 Å². The first-order valence-electron chi connectivity index (χ1n) is 24.7. The smallest absolute Gasteiger partial charge is 0.339 e. The molecule has 0 saturated carbocycles. The molecule has 3 fully saturated rings. The average Bonchev–Trinajstić information content (AvgIpc) is 3.30. The fraction of sp³-hybridized carbons (Fsp3) is 0.769. The molecule has 18 nitrogen and oxygen atoms in total. The highest BCUT2D eigenvalue weighted by Gasteiger charge is 2.57. The van der Waals surface area contributed by atoms with Gasteiger partial charge in [-0.2, -0.15) is 0 Å². The van der Waals surface area contributed by atoms with Crippen molar-refractivity contribution >= 4 is 28.8 Å². The van der Waals surface area contributed by atoms with Crippen molar-refractivity contribution in [1.82, 2.24) is 9.88 Å². The second kappa shape index (κ2) is 23.2. The van der Waals surface area contributed by atoms with Crippen LogP contribution in [0.5, 0.6) is 0 Å². The summed E-state index contributed by atoms with van der Waals surface area (Å²) in [5, 5.41) is 50.4. The number of likely N-dealkylation sites (N-methyl/N-ethyl adjacent to an activating group) is 1. The molecule has 5 rings (SSSR count). The number of benzene rings is 1. The third-order valence-corrected chi connectivity index (χ3v) is 15.5. The summed E-state index contributed by atoms with van der Waals surface area (Å²) in [5.41, 5.74) is -5.70. The third kappa shape index (κ3) is 12.5. The molecule has 4 heterocycles. The molecule has 2 aromatic rings. The largest absolute Gasteiger partial charge is 0.462 e. The van der Waals surface area contributed by atoms with E-state index in [1.807, 2.05) is 57.1 Å². The number of aliphatic hydroxyl groups excluding tert-OH is 2. The van der Waals surface area contributed by atoms with E-state index in [1.165, 1.54) is 41.2 Å². The summed E-state index contributed by atoms with van der Waals surface area (Å²) in [7, 11) is 6.73. The maximum Gasteiger partial charge on any atom is 0.339 e. The molecular formula is C52H82N2O16. The normalized spacial score (nSPS) is 41.4. The minimum atomic E-state index is -2.11. The van der Waals surface area contributed by atoms with Gasteiger partial charge in [0, 0.05) is 57.0 Å². The molecule has 3 unspecified atom stereocenters. The number of methoxy groups -OCH3 is 2. The summed E-state index contributed by atoms with van der Waals surface area (Å²) in [6.45, 7) is 18.0. The van der Waals surface area contributed by atoms with Gasteiger partial charge in [0.2, 0.25) is 0 Å². The van der Waals surface area contributed by atoms with E-state index in [2.05, 4.69) is 4.98 Å². The Hall–Kier alpha value is -3.40. The van der Waals surface area contributed by atoms with Gasteiger partial charge in [-0.05, 0) is 106 Å². The van der Waals surface area contributed by atoms with Crippen LogP contribution >= 0.6 is 0 Å². The van der Waals surface area contributed by atoms with E-state index in [-0.39, 0.29) is 50.0 Å². The van der Waals surface area contributed by atoms with Gasteiger partial charge in [0.1, 0.15) is 23.4 Å². The molecule has 1 aromatic heterocycles. The molecule has 0 spiro atoms. The number of ether oxygens (including phenoxy) is 9. The van der Waals surface area contributed by atoms with Gasteiger partial charge in [-0.3, -0.25) is 14.6 Å². The van der Waals surface area contributed by atoms with Crippen LogP contribution in [0.1, 0.15) is 119 Å². The van der Waals surface area contributed by atoms with Crippen LogP contribution in [0.25, 0.3) is 10.9 Å². The van der Waals surface area contributed by atoms with E-state index in [1.54, 1.807) is 47.6 Å². The Balaban J connectivity index is 1.59. The van der Waals surface area contributed by atoms with Crippen LogP contribution in [0.2, 0.25) is 0 Å². The lowest BCUT2D eigenvalue weighted by molar-refractivity contribution is -0.321. The number of rotatable bonds is 13. The Morgan fingerprint density at radius 2 is 1.54 bits per heavy atom. The summed E-state index contributed by atoms with van der Waals surface area (Å²) in [4.78, 5) is 46.8. The van der Waals surface area contributed by atoms with Crippen LogP contribution in [0.4, 0.5) is 0 Å². The monoisotopic (exact) mass is 991 g/mol. The number of pyridine rings is 1. The number of para-hydroxylation sites is 1. The highest BCUT2D eigenvalue weighted by molar-refractivity contribution is 5.93. The van der Waals surface area contributed by atoms with E-state index >= 15 is 0 Å². The maximum absolute atomic E-state index is 14.9. The zero-order valence-corrected chi connectivity index (χ0v) is 43.9. The van der Waals surface area contributed by atoms with Crippen LogP contribution in [-0.4, -0.2) is 173 Å². The zero-order valence-electron chi connectivity index (χ0n) is 43.9. The number of hydrogen-bond donors (Lipinski definition) is 4. The predicted molar refractivity (Wildman–Crippen MR) is 257 cm³/mol. The first kappa shape index (κ1) is 57.5. The molecule has 18 heteroatoms. The second-order valence-electron chi connectivity index (χ2n) is 21.2. The van der Waals surface area contributed by atoms with E-state index < -0.39 is 119 Å². The van der Waals surface area contributed by atoms with Crippen LogP contribution in [-0.2, 0) is 52.2 Å². The minimum absolute atomic E-state index is 0.0235. The maximum atomic E-state index is 14.9. The van der Waals surface area contributed by atoms with Gasteiger partial charge in [-0.15, -0.1) is 0 Å². The van der Waals surface area contributed by atoms with Crippen molar-refractivity contribution in [3.63, 3.8) is 0 Å². The number of carbonyl (C=O) groups excluding carboxylic acids is 3. The Morgan fingerprint density at radius 3 is 2.16 bits per heavy atom. The van der Waals surface area contributed by atoms with Crippen LogP contribution in [0.15, 0.2) is 36.5 Å². The van der Waals surface area contributed by atoms with Gasteiger partial charge in [0.05, 0.1) is 65.3 Å². The van der Waals surface area contributed by atoms with Crippen LogP contribution < -0.4 is 0 Å². The lowest BCUT2D eigenvalue weighted by Gasteiger charge is -2.52. The molecule has 0 aliphatic carbocycles. The van der Waals surface area contributed by atoms with Gasteiger partial charge < -0.3 is 68.0 Å². The summed E-state index contributed by atoms with van der Waals surface area (Å²) in [6.07, 6.45) is -8.24. The molecular weight excluding hydrogens is 909 g/mol. The van der Waals surface area contributed by atoms with Crippen LogP contribution in [0, 0.1) is 23.7 Å². The standard InChI is InChI=1S/C52H82N2O16/c1-16-39-51(10,60)38(21-22-64-47(59)35-24-34-19-17-18-20-36(34)53-27-35)52(11,61)43(57)28(2)25-49(8,62-14)44(70-48-41(56)37(54(12)13)23-29(3)65-48)30(4)42(31(5)46(58)68-39)69-40-26-50(9,63-15)45(32(6)66-40)67-33(7)55/h17-20,24,27-32,37-45,48,56-57,60-61H,16,21-23,25-26H2,1-15H3/t28-,29-,30-,31-,32+,37+,38-,39-,40?,41-,42+,43?,44-,45+,48+,49-,50-,51+,52?/m1/s1. The molecule has 3 aliphatic heterocycles. The van der Waals surface area contributed by atoms with Crippen molar-refractivity contribution in [3.05, 3.63) is 42.1 Å². The molecule has 4 N–H and O–H groups in total. The first-order chi connectivity index (χ1) is 32.6. The number of aromatic nitrogens is 1. The number of cyclic esters (lactones) is 1. The van der Waals surface area contributed by atoms with Crippen molar-refractivity contribution in [2.24, 2.45) is 23.7 Å². The zero-order chi connectivity index (χ0) is 52.3. The molecule has 0 radical (unpaired) electrons. The van der Waals surface area contributed by atoms with E-state index in [4.69, 9.17) is 42.6 Å². The van der Waals surface area contributed by atoms with Gasteiger partial charge in [0.25, 0.3) is 0 Å². The number of carbonyl (C=O) groups is 3. The second-order valence-corrected chi connectivity index (χ2v) is 21.2. The highest BCUT2D eigenvalue weighted by atomic mass is 16.7.